The van der Waals surface area contributed by atoms with Gasteiger partial charge in [-0.25, -0.2) is 0 Å². The van der Waals surface area contributed by atoms with Crippen LogP contribution in [0, 0.1) is 5.92 Å². The minimum atomic E-state index is 0.610. The molecule has 1 N–H and O–H groups in total. The number of benzene rings is 1. The molecular weight excluding hydrogens is 270 g/mol. The number of hydrogen-bond donors (Lipinski definition) is 1. The highest BCUT2D eigenvalue weighted by Crippen LogP contribution is 2.20. The van der Waals surface area contributed by atoms with Crippen molar-refractivity contribution in [2.24, 2.45) is 5.92 Å². The van der Waals surface area contributed by atoms with Crippen LogP contribution in [0.1, 0.15) is 31.3 Å². The molecular formula is C15H21N3OS. The summed E-state index contributed by atoms with van der Waals surface area (Å²) in [6, 6.07) is 8.10. The molecule has 0 aliphatic carbocycles. The first-order chi connectivity index (χ1) is 9.67. The van der Waals surface area contributed by atoms with Crippen LogP contribution >= 0.6 is 11.3 Å². The van der Waals surface area contributed by atoms with Crippen LogP contribution in [0.15, 0.2) is 24.3 Å². The van der Waals surface area contributed by atoms with E-state index in [1.807, 2.05) is 25.1 Å². The van der Waals surface area contributed by atoms with Crippen LogP contribution in [-0.4, -0.2) is 16.8 Å². The molecule has 1 aromatic heterocycles. The summed E-state index contributed by atoms with van der Waals surface area (Å²) in [6.07, 6.45) is 0.985. The lowest BCUT2D eigenvalue weighted by Crippen LogP contribution is -1.99. The molecule has 2 aromatic rings. The quantitative estimate of drug-likeness (QED) is 0.844. The number of hydrogen-bond acceptors (Lipinski definition) is 5. The Hall–Kier alpha value is -1.62. The standard InChI is InChI=1S/C15H21N3OS/c1-4-19-13-7-5-6-12(9-13)10-16-15-18-17-14(20-15)8-11(2)3/h5-7,9,11H,4,8,10H2,1-3H3,(H,16,18). The lowest BCUT2D eigenvalue weighted by molar-refractivity contribution is 0.340. The van der Waals surface area contributed by atoms with Crippen LogP contribution in [0.3, 0.4) is 0 Å². The second kappa shape index (κ2) is 7.24. The summed E-state index contributed by atoms with van der Waals surface area (Å²) in [5, 5.41) is 13.6. The van der Waals surface area contributed by atoms with Gasteiger partial charge in [-0.1, -0.05) is 37.3 Å². The molecule has 0 aliphatic heterocycles. The minimum Gasteiger partial charge on any atom is -0.494 e. The predicted molar refractivity (Wildman–Crippen MR) is 83.4 cm³/mol. The predicted octanol–water partition coefficient (Wildman–Crippen LogP) is 3.75. The van der Waals surface area contributed by atoms with Crippen molar-refractivity contribution in [2.75, 3.05) is 11.9 Å². The molecule has 0 bridgehead atoms. The van der Waals surface area contributed by atoms with Crippen LogP contribution in [0.25, 0.3) is 0 Å². The maximum atomic E-state index is 5.49. The number of nitrogens with zero attached hydrogens (tertiary/aromatic N) is 2. The van der Waals surface area contributed by atoms with Gasteiger partial charge in [-0.15, -0.1) is 10.2 Å². The zero-order chi connectivity index (χ0) is 14.4. The van der Waals surface area contributed by atoms with Gasteiger partial charge in [0.2, 0.25) is 5.13 Å². The fraction of sp³-hybridized carbons (Fsp3) is 0.467. The van der Waals surface area contributed by atoms with Crippen molar-refractivity contribution in [3.8, 4) is 5.75 Å². The van der Waals surface area contributed by atoms with E-state index in [0.717, 1.165) is 28.9 Å². The molecule has 2 rings (SSSR count). The Labute approximate surface area is 124 Å². The Kier molecular flexibility index (Phi) is 5.35. The lowest BCUT2D eigenvalue weighted by atomic mass is 10.1. The van der Waals surface area contributed by atoms with Gasteiger partial charge in [-0.2, -0.15) is 0 Å². The summed E-state index contributed by atoms with van der Waals surface area (Å²) in [5.74, 6) is 1.52. The minimum absolute atomic E-state index is 0.610. The van der Waals surface area contributed by atoms with Crippen molar-refractivity contribution in [2.45, 2.75) is 33.7 Å². The van der Waals surface area contributed by atoms with Gasteiger partial charge in [0.25, 0.3) is 0 Å². The molecule has 0 spiro atoms. The summed E-state index contributed by atoms with van der Waals surface area (Å²) < 4.78 is 5.49. The highest BCUT2D eigenvalue weighted by Gasteiger charge is 2.06. The van der Waals surface area contributed by atoms with E-state index < -0.39 is 0 Å². The third-order valence-corrected chi connectivity index (χ3v) is 3.61. The number of anilines is 1. The second-order valence-corrected chi connectivity index (χ2v) is 6.09. The monoisotopic (exact) mass is 291 g/mol. The molecule has 0 atom stereocenters. The van der Waals surface area contributed by atoms with Gasteiger partial charge in [-0.3, -0.25) is 0 Å². The molecule has 0 amide bonds. The number of aromatic nitrogens is 2. The maximum absolute atomic E-state index is 5.49. The van der Waals surface area contributed by atoms with Crippen molar-refractivity contribution in [1.29, 1.82) is 0 Å². The Morgan fingerprint density at radius 3 is 2.90 bits per heavy atom. The third kappa shape index (κ3) is 4.49. The second-order valence-electron chi connectivity index (χ2n) is 5.03. The van der Waals surface area contributed by atoms with Crippen LogP contribution in [0.5, 0.6) is 5.75 Å². The largest absolute Gasteiger partial charge is 0.494 e. The molecule has 0 aliphatic rings. The van der Waals surface area contributed by atoms with Gasteiger partial charge in [0.1, 0.15) is 10.8 Å². The molecule has 0 saturated heterocycles. The van der Waals surface area contributed by atoms with Crippen molar-refractivity contribution in [3.63, 3.8) is 0 Å². The van der Waals surface area contributed by atoms with E-state index in [-0.39, 0.29) is 0 Å². The average Bonchev–Trinajstić information content (AvgIpc) is 2.84. The van der Waals surface area contributed by atoms with Gasteiger partial charge in [0, 0.05) is 13.0 Å². The summed E-state index contributed by atoms with van der Waals surface area (Å²) in [4.78, 5) is 0. The zero-order valence-corrected chi connectivity index (χ0v) is 13.0. The van der Waals surface area contributed by atoms with Gasteiger partial charge < -0.3 is 10.1 Å². The summed E-state index contributed by atoms with van der Waals surface area (Å²) >= 11 is 1.63. The fourth-order valence-electron chi connectivity index (χ4n) is 1.85. The molecule has 1 aromatic carbocycles. The first-order valence-corrected chi connectivity index (χ1v) is 7.77. The van der Waals surface area contributed by atoms with Crippen molar-refractivity contribution in [3.05, 3.63) is 34.8 Å². The smallest absolute Gasteiger partial charge is 0.205 e. The Bertz CT molecular complexity index is 539. The molecule has 108 valence electrons. The number of rotatable bonds is 7. The first-order valence-electron chi connectivity index (χ1n) is 6.95. The van der Waals surface area contributed by atoms with E-state index in [9.17, 15) is 0 Å². The first kappa shape index (κ1) is 14.8. The Balaban J connectivity index is 1.91. The maximum Gasteiger partial charge on any atom is 0.205 e. The van der Waals surface area contributed by atoms with Gasteiger partial charge in [0.05, 0.1) is 6.61 Å². The molecule has 4 nitrogen and oxygen atoms in total. The van der Waals surface area contributed by atoms with Gasteiger partial charge in [0.15, 0.2) is 0 Å². The lowest BCUT2D eigenvalue weighted by Gasteiger charge is -2.06. The Morgan fingerprint density at radius 2 is 2.15 bits per heavy atom. The average molecular weight is 291 g/mol. The van der Waals surface area contributed by atoms with Crippen molar-refractivity contribution >= 4 is 16.5 Å². The van der Waals surface area contributed by atoms with Crippen LogP contribution in [0.2, 0.25) is 0 Å². The van der Waals surface area contributed by atoms with Crippen LogP contribution in [0.4, 0.5) is 5.13 Å². The normalized spacial score (nSPS) is 10.8. The van der Waals surface area contributed by atoms with E-state index >= 15 is 0 Å². The van der Waals surface area contributed by atoms with Crippen molar-refractivity contribution in [1.82, 2.24) is 10.2 Å². The third-order valence-electron chi connectivity index (χ3n) is 2.70. The van der Waals surface area contributed by atoms with Crippen LogP contribution < -0.4 is 10.1 Å². The zero-order valence-electron chi connectivity index (χ0n) is 12.2. The highest BCUT2D eigenvalue weighted by molar-refractivity contribution is 7.15. The molecule has 0 saturated carbocycles. The molecule has 5 heteroatoms. The van der Waals surface area contributed by atoms with E-state index in [1.165, 1.54) is 5.56 Å². The molecule has 1 heterocycles. The molecule has 0 unspecified atom stereocenters. The van der Waals surface area contributed by atoms with E-state index in [0.29, 0.717) is 12.5 Å². The highest BCUT2D eigenvalue weighted by atomic mass is 32.1. The summed E-state index contributed by atoms with van der Waals surface area (Å²) in [7, 11) is 0. The van der Waals surface area contributed by atoms with E-state index in [2.05, 4.69) is 35.4 Å². The summed E-state index contributed by atoms with van der Waals surface area (Å²) in [6.45, 7) is 7.78. The van der Waals surface area contributed by atoms with Gasteiger partial charge in [-0.05, 0) is 30.5 Å². The van der Waals surface area contributed by atoms with E-state index in [4.69, 9.17) is 4.74 Å². The summed E-state index contributed by atoms with van der Waals surface area (Å²) in [5.41, 5.74) is 1.18. The van der Waals surface area contributed by atoms with Crippen molar-refractivity contribution < 1.29 is 4.74 Å². The van der Waals surface area contributed by atoms with Gasteiger partial charge >= 0.3 is 0 Å². The molecule has 0 radical (unpaired) electrons. The van der Waals surface area contributed by atoms with Crippen LogP contribution in [-0.2, 0) is 13.0 Å². The molecule has 20 heavy (non-hydrogen) atoms. The topological polar surface area (TPSA) is 47.0 Å². The number of ether oxygens (including phenoxy) is 1. The van der Waals surface area contributed by atoms with E-state index in [1.54, 1.807) is 11.3 Å². The molecule has 0 fully saturated rings. The SMILES string of the molecule is CCOc1cccc(CNc2nnc(CC(C)C)s2)c1. The Morgan fingerprint density at radius 1 is 1.30 bits per heavy atom. The fourth-order valence-corrected chi connectivity index (χ4v) is 2.79. The number of nitrogens with one attached hydrogen (secondary N) is 1.